The maximum atomic E-state index is 12.2. The molecule has 4 heteroatoms. The Hall–Kier alpha value is -0.800. The van der Waals surface area contributed by atoms with E-state index in [9.17, 15) is 8.78 Å². The first-order valence-corrected chi connectivity index (χ1v) is 4.38. The molecule has 0 spiro atoms. The third kappa shape index (κ3) is 4.70. The van der Waals surface area contributed by atoms with Crippen LogP contribution in [0.2, 0.25) is 0 Å². The molecule has 0 saturated heterocycles. The molecule has 0 aliphatic rings. The second kappa shape index (κ2) is 5.78. The minimum absolute atomic E-state index is 0.153. The van der Waals surface area contributed by atoms with Crippen molar-refractivity contribution < 1.29 is 8.78 Å². The summed E-state index contributed by atoms with van der Waals surface area (Å²) in [7, 11) is 0. The highest BCUT2D eigenvalue weighted by Crippen LogP contribution is 2.03. The van der Waals surface area contributed by atoms with Crippen LogP contribution in [0.15, 0.2) is 10.2 Å². The quantitative estimate of drug-likeness (QED) is 0.480. The van der Waals surface area contributed by atoms with Crippen molar-refractivity contribution in [3.63, 3.8) is 0 Å². The van der Waals surface area contributed by atoms with Gasteiger partial charge in [-0.15, -0.1) is 0 Å². The lowest BCUT2D eigenvalue weighted by atomic mass is 10.1. The number of rotatable bonds is 4. The van der Waals surface area contributed by atoms with Gasteiger partial charge in [-0.3, -0.25) is 0 Å². The van der Waals surface area contributed by atoms with E-state index in [2.05, 4.69) is 10.2 Å². The van der Waals surface area contributed by atoms with Crippen LogP contribution in [0.5, 0.6) is 0 Å². The Balaban J connectivity index is 4.45. The van der Waals surface area contributed by atoms with Gasteiger partial charge in [-0.05, 0) is 19.3 Å². The molecule has 0 aromatic carbocycles. The molecule has 0 amide bonds. The Morgan fingerprint density at radius 1 is 1.23 bits per heavy atom. The fraction of sp³-hybridized carbons (Fsp3) is 0.778. The summed E-state index contributed by atoms with van der Waals surface area (Å²) in [5, 5.41) is 7.26. The van der Waals surface area contributed by atoms with E-state index in [1.54, 1.807) is 13.8 Å². The van der Waals surface area contributed by atoms with E-state index in [-0.39, 0.29) is 18.1 Å². The van der Waals surface area contributed by atoms with Crippen molar-refractivity contribution in [2.24, 2.45) is 16.1 Å². The zero-order valence-corrected chi connectivity index (χ0v) is 8.51. The molecule has 13 heavy (non-hydrogen) atoms. The molecule has 76 valence electrons. The summed E-state index contributed by atoms with van der Waals surface area (Å²) in [5.41, 5.74) is 0.617. The second-order valence-electron chi connectivity index (χ2n) is 3.14. The lowest BCUT2D eigenvalue weighted by Crippen LogP contribution is -2.09. The average molecular weight is 190 g/mol. The molecule has 0 aliphatic carbocycles. The highest BCUT2D eigenvalue weighted by atomic mass is 19.3. The minimum Gasteiger partial charge on any atom is -0.204 e. The summed E-state index contributed by atoms with van der Waals surface area (Å²) in [6, 6.07) is 0. The first kappa shape index (κ1) is 12.2. The zero-order chi connectivity index (χ0) is 10.4. The Kier molecular flexibility index (Phi) is 5.42. The van der Waals surface area contributed by atoms with E-state index in [0.29, 0.717) is 0 Å². The number of nitrogens with zero attached hydrogens (tertiary/aromatic N) is 2. The molecule has 0 aliphatic heterocycles. The normalized spacial score (nSPS) is 14.5. The van der Waals surface area contributed by atoms with Crippen molar-refractivity contribution >= 4 is 11.4 Å². The zero-order valence-electron chi connectivity index (χ0n) is 8.51. The molecule has 0 radical (unpaired) electrons. The maximum Gasteiger partial charge on any atom is 0.278 e. The van der Waals surface area contributed by atoms with Crippen LogP contribution in [-0.2, 0) is 0 Å². The average Bonchev–Trinajstić information content (AvgIpc) is 2.04. The smallest absolute Gasteiger partial charge is 0.204 e. The summed E-state index contributed by atoms with van der Waals surface area (Å²) in [6.07, 6.45) is -2.25. The van der Waals surface area contributed by atoms with Crippen molar-refractivity contribution in [1.82, 2.24) is 0 Å². The van der Waals surface area contributed by atoms with Gasteiger partial charge in [0.2, 0.25) is 0 Å². The lowest BCUT2D eigenvalue weighted by molar-refractivity contribution is 0.223. The first-order valence-electron chi connectivity index (χ1n) is 4.38. The van der Waals surface area contributed by atoms with Crippen molar-refractivity contribution in [3.8, 4) is 0 Å². The molecule has 0 aromatic rings. The third-order valence-corrected chi connectivity index (χ3v) is 1.79. The predicted octanol–water partition coefficient (Wildman–Crippen LogP) is 3.13. The predicted molar refractivity (Wildman–Crippen MR) is 51.7 cm³/mol. The van der Waals surface area contributed by atoms with Crippen LogP contribution in [0.3, 0.4) is 0 Å². The SMILES string of the molecule is CC/C(=N\N=C(/C)C(C)C)C(F)F. The molecular weight excluding hydrogens is 174 g/mol. The van der Waals surface area contributed by atoms with Gasteiger partial charge in [0.05, 0.1) is 0 Å². The van der Waals surface area contributed by atoms with Gasteiger partial charge in [-0.1, -0.05) is 20.8 Å². The molecular formula is C9H16F2N2. The summed E-state index contributed by atoms with van der Waals surface area (Å²) >= 11 is 0. The number of hydrogen-bond acceptors (Lipinski definition) is 2. The Morgan fingerprint density at radius 3 is 2.08 bits per heavy atom. The van der Waals surface area contributed by atoms with Crippen molar-refractivity contribution in [2.45, 2.75) is 40.5 Å². The highest BCUT2D eigenvalue weighted by Gasteiger charge is 2.10. The molecule has 0 fully saturated rings. The number of hydrogen-bond donors (Lipinski definition) is 0. The van der Waals surface area contributed by atoms with Gasteiger partial charge in [-0.2, -0.15) is 10.2 Å². The van der Waals surface area contributed by atoms with E-state index < -0.39 is 6.43 Å². The van der Waals surface area contributed by atoms with E-state index in [1.165, 1.54) is 0 Å². The molecule has 0 unspecified atom stereocenters. The Morgan fingerprint density at radius 2 is 1.77 bits per heavy atom. The molecule has 0 aromatic heterocycles. The van der Waals surface area contributed by atoms with Crippen LogP contribution in [0.4, 0.5) is 8.78 Å². The van der Waals surface area contributed by atoms with Crippen LogP contribution >= 0.6 is 0 Å². The number of alkyl halides is 2. The minimum atomic E-state index is -2.49. The Labute approximate surface area is 77.8 Å². The molecule has 0 atom stereocenters. The fourth-order valence-electron chi connectivity index (χ4n) is 0.527. The van der Waals surface area contributed by atoms with E-state index in [1.807, 2.05) is 13.8 Å². The van der Waals surface area contributed by atoms with E-state index in [0.717, 1.165) is 5.71 Å². The van der Waals surface area contributed by atoms with E-state index in [4.69, 9.17) is 0 Å². The van der Waals surface area contributed by atoms with Crippen LogP contribution in [0, 0.1) is 5.92 Å². The summed E-state index contributed by atoms with van der Waals surface area (Å²) in [5.74, 6) is 0.250. The molecule has 0 rings (SSSR count). The Bertz CT molecular complexity index is 208. The third-order valence-electron chi connectivity index (χ3n) is 1.79. The van der Waals surface area contributed by atoms with Gasteiger partial charge in [0.1, 0.15) is 5.71 Å². The van der Waals surface area contributed by atoms with Gasteiger partial charge in [-0.25, -0.2) is 8.78 Å². The van der Waals surface area contributed by atoms with Gasteiger partial charge < -0.3 is 0 Å². The molecule has 0 heterocycles. The van der Waals surface area contributed by atoms with Gasteiger partial charge in [0.25, 0.3) is 6.43 Å². The number of halogens is 2. The van der Waals surface area contributed by atoms with Crippen molar-refractivity contribution in [3.05, 3.63) is 0 Å². The molecule has 0 saturated carbocycles. The summed E-state index contributed by atoms with van der Waals surface area (Å²) < 4.78 is 24.3. The standard InChI is InChI=1S/C9H16F2N2/c1-5-8(9(10)11)13-12-7(4)6(2)3/h6,9H,5H2,1-4H3/b12-7+,13-8+. The van der Waals surface area contributed by atoms with Crippen molar-refractivity contribution in [1.29, 1.82) is 0 Å². The topological polar surface area (TPSA) is 24.7 Å². The summed E-state index contributed by atoms with van der Waals surface area (Å²) in [6.45, 7) is 7.32. The van der Waals surface area contributed by atoms with Gasteiger partial charge >= 0.3 is 0 Å². The van der Waals surface area contributed by atoms with Crippen LogP contribution in [0.25, 0.3) is 0 Å². The van der Waals surface area contributed by atoms with Gasteiger partial charge in [0, 0.05) is 5.71 Å². The molecule has 2 nitrogen and oxygen atoms in total. The maximum absolute atomic E-state index is 12.2. The molecule has 0 bridgehead atoms. The van der Waals surface area contributed by atoms with Crippen LogP contribution < -0.4 is 0 Å². The van der Waals surface area contributed by atoms with Crippen LogP contribution in [0.1, 0.15) is 34.1 Å². The van der Waals surface area contributed by atoms with E-state index >= 15 is 0 Å². The highest BCUT2D eigenvalue weighted by molar-refractivity contribution is 5.89. The van der Waals surface area contributed by atoms with Crippen molar-refractivity contribution in [2.75, 3.05) is 0 Å². The largest absolute Gasteiger partial charge is 0.278 e. The second-order valence-corrected chi connectivity index (χ2v) is 3.14. The van der Waals surface area contributed by atoms with Crippen LogP contribution in [-0.4, -0.2) is 17.8 Å². The first-order chi connectivity index (χ1) is 5.99. The fourth-order valence-corrected chi connectivity index (χ4v) is 0.527. The van der Waals surface area contributed by atoms with Gasteiger partial charge in [0.15, 0.2) is 0 Å². The monoisotopic (exact) mass is 190 g/mol. The lowest BCUT2D eigenvalue weighted by Gasteiger charge is -2.02. The summed E-state index contributed by atoms with van der Waals surface area (Å²) in [4.78, 5) is 0. The molecule has 0 N–H and O–H groups in total.